The molecule has 1 aliphatic rings. The topological polar surface area (TPSA) is 92.0 Å². The molecule has 7 heteroatoms. The maximum absolute atomic E-state index is 12.6. The number of aryl methyl sites for hydroxylation is 1. The Morgan fingerprint density at radius 1 is 1.39 bits per heavy atom. The maximum atomic E-state index is 12.6. The van der Waals surface area contributed by atoms with Crippen LogP contribution in [0, 0.1) is 12.8 Å². The molecule has 1 aliphatic heterocycles. The lowest BCUT2D eigenvalue weighted by Gasteiger charge is -2.30. The number of aliphatic carboxylic acids is 1. The van der Waals surface area contributed by atoms with Gasteiger partial charge in [-0.15, -0.1) is 0 Å². The Morgan fingerprint density at radius 2 is 2.17 bits per heavy atom. The lowest BCUT2D eigenvalue weighted by atomic mass is 9.98. The molecule has 1 N–H and O–H groups in total. The number of carbonyl (C=O) groups excluding carboxylic acids is 1. The lowest BCUT2D eigenvalue weighted by Crippen LogP contribution is -2.44. The Labute approximate surface area is 132 Å². The monoisotopic (exact) mass is 315 g/mol. The van der Waals surface area contributed by atoms with E-state index in [0.717, 1.165) is 5.56 Å². The number of fused-ring (bicyclic) bond motifs is 1. The molecule has 0 aromatic carbocycles. The van der Waals surface area contributed by atoms with Crippen LogP contribution >= 0.6 is 0 Å². The summed E-state index contributed by atoms with van der Waals surface area (Å²) in [6.45, 7) is 2.48. The predicted octanol–water partition coefficient (Wildman–Crippen LogP) is 0.940. The highest BCUT2D eigenvalue weighted by Crippen LogP contribution is 2.18. The average molecular weight is 315 g/mol. The van der Waals surface area contributed by atoms with Crippen LogP contribution in [0.2, 0.25) is 0 Å². The molecule has 0 aliphatic carbocycles. The van der Waals surface area contributed by atoms with Crippen molar-refractivity contribution >= 4 is 17.5 Å². The van der Waals surface area contributed by atoms with Gasteiger partial charge in [-0.1, -0.05) is 0 Å². The van der Waals surface area contributed by atoms with Crippen molar-refractivity contribution in [2.75, 3.05) is 13.1 Å². The number of carbonyl (C=O) groups is 2. The first-order valence-corrected chi connectivity index (χ1v) is 7.47. The third-order valence-electron chi connectivity index (χ3n) is 4.15. The molecule has 120 valence electrons. The molecule has 23 heavy (non-hydrogen) atoms. The maximum Gasteiger partial charge on any atom is 0.308 e. The van der Waals surface area contributed by atoms with Gasteiger partial charge in [0.2, 0.25) is 0 Å². The van der Waals surface area contributed by atoms with Gasteiger partial charge in [0.25, 0.3) is 11.5 Å². The zero-order valence-electron chi connectivity index (χ0n) is 12.7. The largest absolute Gasteiger partial charge is 0.481 e. The Bertz CT molecular complexity index is 843. The first kappa shape index (κ1) is 15.2. The molecule has 3 heterocycles. The first-order valence-electron chi connectivity index (χ1n) is 7.47. The van der Waals surface area contributed by atoms with Crippen LogP contribution in [0.25, 0.3) is 5.65 Å². The Hall–Kier alpha value is -2.70. The third kappa shape index (κ3) is 2.81. The van der Waals surface area contributed by atoms with Crippen LogP contribution < -0.4 is 5.56 Å². The van der Waals surface area contributed by atoms with Crippen molar-refractivity contribution in [1.29, 1.82) is 0 Å². The van der Waals surface area contributed by atoms with Crippen molar-refractivity contribution < 1.29 is 14.7 Å². The average Bonchev–Trinajstić information content (AvgIpc) is 2.54. The van der Waals surface area contributed by atoms with Crippen LogP contribution in [0.15, 0.2) is 29.3 Å². The smallest absolute Gasteiger partial charge is 0.308 e. The summed E-state index contributed by atoms with van der Waals surface area (Å²) >= 11 is 0. The molecule has 3 rings (SSSR count). The third-order valence-corrected chi connectivity index (χ3v) is 4.15. The first-order chi connectivity index (χ1) is 11.0. The van der Waals surface area contributed by atoms with Gasteiger partial charge in [0, 0.05) is 25.5 Å². The van der Waals surface area contributed by atoms with Gasteiger partial charge < -0.3 is 10.0 Å². The highest BCUT2D eigenvalue weighted by atomic mass is 16.4. The second-order valence-electron chi connectivity index (χ2n) is 5.84. The molecule has 7 nitrogen and oxygen atoms in total. The summed E-state index contributed by atoms with van der Waals surface area (Å²) in [5, 5.41) is 9.11. The van der Waals surface area contributed by atoms with E-state index in [2.05, 4.69) is 4.98 Å². The van der Waals surface area contributed by atoms with Gasteiger partial charge in [-0.05, 0) is 37.5 Å². The summed E-state index contributed by atoms with van der Waals surface area (Å²) in [6, 6.07) is 3.53. The number of carboxylic acids is 1. The van der Waals surface area contributed by atoms with Crippen molar-refractivity contribution in [1.82, 2.24) is 14.3 Å². The van der Waals surface area contributed by atoms with Gasteiger partial charge in [0.05, 0.1) is 5.92 Å². The number of likely N-dealkylation sites (tertiary alicyclic amines) is 1. The quantitative estimate of drug-likeness (QED) is 0.890. The van der Waals surface area contributed by atoms with Crippen LogP contribution in [0.4, 0.5) is 0 Å². The minimum Gasteiger partial charge on any atom is -0.481 e. The van der Waals surface area contributed by atoms with Gasteiger partial charge in [-0.25, -0.2) is 4.98 Å². The summed E-state index contributed by atoms with van der Waals surface area (Å²) in [4.78, 5) is 41.8. The highest BCUT2D eigenvalue weighted by Gasteiger charge is 2.30. The summed E-state index contributed by atoms with van der Waals surface area (Å²) in [6.07, 6.45) is 4.04. The molecule has 0 saturated carbocycles. The van der Waals surface area contributed by atoms with Crippen molar-refractivity contribution in [2.24, 2.45) is 5.92 Å². The molecule has 1 saturated heterocycles. The Morgan fingerprint density at radius 3 is 2.91 bits per heavy atom. The molecule has 2 aromatic heterocycles. The van der Waals surface area contributed by atoms with Crippen LogP contribution in [0.1, 0.15) is 28.8 Å². The normalized spacial score (nSPS) is 18.1. The van der Waals surface area contributed by atoms with E-state index in [9.17, 15) is 14.4 Å². The number of aromatic nitrogens is 2. The van der Waals surface area contributed by atoms with Gasteiger partial charge in [-0.2, -0.15) is 0 Å². The minimum atomic E-state index is -0.911. The molecule has 1 atom stereocenters. The van der Waals surface area contributed by atoms with Crippen LogP contribution in [-0.2, 0) is 4.79 Å². The van der Waals surface area contributed by atoms with E-state index in [1.54, 1.807) is 18.3 Å². The van der Waals surface area contributed by atoms with E-state index in [4.69, 9.17) is 5.11 Å². The summed E-state index contributed by atoms with van der Waals surface area (Å²) in [5.74, 6) is -1.94. The van der Waals surface area contributed by atoms with E-state index >= 15 is 0 Å². The molecule has 2 aromatic rings. The number of hydrogen-bond acceptors (Lipinski definition) is 4. The molecule has 0 unspecified atom stereocenters. The highest BCUT2D eigenvalue weighted by molar-refractivity contribution is 5.94. The van der Waals surface area contributed by atoms with Crippen LogP contribution in [0.5, 0.6) is 0 Å². The van der Waals surface area contributed by atoms with Crippen molar-refractivity contribution in [3.05, 3.63) is 46.0 Å². The van der Waals surface area contributed by atoms with Gasteiger partial charge in [0.15, 0.2) is 0 Å². The Balaban J connectivity index is 1.95. The molecular weight excluding hydrogens is 298 g/mol. The van der Waals surface area contributed by atoms with Gasteiger partial charge >= 0.3 is 5.97 Å². The molecule has 1 fully saturated rings. The van der Waals surface area contributed by atoms with Crippen molar-refractivity contribution in [2.45, 2.75) is 19.8 Å². The number of carboxylic acid groups (broad SMARTS) is 1. The van der Waals surface area contributed by atoms with Gasteiger partial charge in [-0.3, -0.25) is 18.8 Å². The molecule has 0 spiro atoms. The number of piperidine rings is 1. The summed E-state index contributed by atoms with van der Waals surface area (Å²) in [7, 11) is 0. The number of nitrogens with zero attached hydrogens (tertiary/aromatic N) is 3. The van der Waals surface area contributed by atoms with Crippen LogP contribution in [0.3, 0.4) is 0 Å². The van der Waals surface area contributed by atoms with E-state index in [0.29, 0.717) is 25.0 Å². The number of hydrogen-bond donors (Lipinski definition) is 1. The predicted molar refractivity (Wildman–Crippen MR) is 82.5 cm³/mol. The fourth-order valence-corrected chi connectivity index (χ4v) is 2.86. The second-order valence-corrected chi connectivity index (χ2v) is 5.84. The molecular formula is C16H17N3O4. The van der Waals surface area contributed by atoms with E-state index in [-0.39, 0.29) is 12.1 Å². The van der Waals surface area contributed by atoms with Gasteiger partial charge in [0.1, 0.15) is 11.2 Å². The summed E-state index contributed by atoms with van der Waals surface area (Å²) < 4.78 is 1.33. The summed E-state index contributed by atoms with van der Waals surface area (Å²) in [5.41, 5.74) is 0.986. The number of amides is 1. The standard InChI is InChI=1S/C16H17N3O4/c1-10-4-6-19-13(7-10)17-8-12(15(19)21)14(20)18-5-2-3-11(9-18)16(22)23/h4,6-8,11H,2-3,5,9H2,1H3,(H,22,23)/t11-/m0/s1. The molecule has 0 radical (unpaired) electrons. The van der Waals surface area contributed by atoms with Crippen LogP contribution in [-0.4, -0.2) is 44.4 Å². The number of rotatable bonds is 2. The molecule has 1 amide bonds. The van der Waals surface area contributed by atoms with E-state index in [1.807, 2.05) is 6.92 Å². The SMILES string of the molecule is Cc1ccn2c(=O)c(C(=O)N3CCC[C@H](C(=O)O)C3)cnc2c1. The molecule has 0 bridgehead atoms. The van der Waals surface area contributed by atoms with Crippen molar-refractivity contribution in [3.8, 4) is 0 Å². The minimum absolute atomic E-state index is 0.0302. The van der Waals surface area contributed by atoms with E-state index in [1.165, 1.54) is 15.5 Å². The Kier molecular flexibility index (Phi) is 3.85. The van der Waals surface area contributed by atoms with E-state index < -0.39 is 23.4 Å². The second kappa shape index (κ2) is 5.83. The zero-order chi connectivity index (χ0) is 16.6. The fourth-order valence-electron chi connectivity index (χ4n) is 2.86. The van der Waals surface area contributed by atoms with Crippen molar-refractivity contribution in [3.63, 3.8) is 0 Å². The number of pyridine rings is 1. The zero-order valence-corrected chi connectivity index (χ0v) is 12.7. The fraction of sp³-hybridized carbons (Fsp3) is 0.375. The lowest BCUT2D eigenvalue weighted by molar-refractivity contribution is -0.143.